The van der Waals surface area contributed by atoms with Gasteiger partial charge in [0.1, 0.15) is 0 Å². The number of hydrogen-bond acceptors (Lipinski definition) is 4. The van der Waals surface area contributed by atoms with Crippen LogP contribution in [0, 0.1) is 28.4 Å². The van der Waals surface area contributed by atoms with E-state index in [1.807, 2.05) is 19.1 Å². The van der Waals surface area contributed by atoms with Crippen molar-refractivity contribution in [3.63, 3.8) is 0 Å². The fraction of sp³-hybridized carbons (Fsp3) is 0.0714. The molecule has 0 amide bonds. The Bertz CT molecular complexity index is 677. The summed E-state index contributed by atoms with van der Waals surface area (Å²) in [5.41, 5.74) is 1.48. The molecule has 0 unspecified atom stereocenters. The topological polar surface area (TPSA) is 66.9 Å². The largest absolute Gasteiger partial charge is 0.283 e. The summed E-state index contributed by atoms with van der Waals surface area (Å²) in [7, 11) is 0. The molecule has 0 aliphatic heterocycles. The van der Waals surface area contributed by atoms with Gasteiger partial charge in [0.2, 0.25) is 0 Å². The van der Waals surface area contributed by atoms with Crippen molar-refractivity contribution < 1.29 is 4.92 Å². The first kappa shape index (κ1) is 13.1. The number of nitro groups is 1. The molecule has 19 heavy (non-hydrogen) atoms. The molecule has 94 valence electrons. The van der Waals surface area contributed by atoms with Crippen molar-refractivity contribution >= 4 is 17.4 Å². The van der Waals surface area contributed by atoms with E-state index in [4.69, 9.17) is 5.26 Å². The lowest BCUT2D eigenvalue weighted by atomic mass is 10.2. The summed E-state index contributed by atoms with van der Waals surface area (Å²) in [5.74, 6) is 0. The van der Waals surface area contributed by atoms with Gasteiger partial charge in [-0.1, -0.05) is 23.9 Å². The lowest BCUT2D eigenvalue weighted by Crippen LogP contribution is -1.91. The Morgan fingerprint density at radius 3 is 2.74 bits per heavy atom. The van der Waals surface area contributed by atoms with Gasteiger partial charge in [0, 0.05) is 11.0 Å². The zero-order chi connectivity index (χ0) is 13.8. The molecule has 2 aromatic carbocycles. The van der Waals surface area contributed by atoms with E-state index < -0.39 is 0 Å². The molecule has 0 N–H and O–H groups in total. The monoisotopic (exact) mass is 270 g/mol. The molecule has 5 heteroatoms. The number of nitriles is 1. The van der Waals surface area contributed by atoms with Crippen molar-refractivity contribution in [2.75, 3.05) is 0 Å². The fourth-order valence-corrected chi connectivity index (χ4v) is 2.57. The minimum Gasteiger partial charge on any atom is -0.258 e. The van der Waals surface area contributed by atoms with Crippen LogP contribution in [0.2, 0.25) is 0 Å². The average Bonchev–Trinajstić information content (AvgIpc) is 2.41. The molecule has 0 saturated heterocycles. The maximum absolute atomic E-state index is 11.0. The van der Waals surface area contributed by atoms with Crippen LogP contribution in [0.4, 0.5) is 5.69 Å². The molecule has 0 spiro atoms. The highest BCUT2D eigenvalue weighted by atomic mass is 32.2. The van der Waals surface area contributed by atoms with Crippen LogP contribution >= 0.6 is 11.8 Å². The van der Waals surface area contributed by atoms with E-state index in [1.165, 1.54) is 11.8 Å². The zero-order valence-corrected chi connectivity index (χ0v) is 11.0. The van der Waals surface area contributed by atoms with Crippen molar-refractivity contribution in [2.45, 2.75) is 16.7 Å². The normalized spacial score (nSPS) is 9.89. The Morgan fingerprint density at radius 1 is 1.26 bits per heavy atom. The van der Waals surface area contributed by atoms with Crippen molar-refractivity contribution in [3.05, 3.63) is 63.7 Å². The SMILES string of the molecule is Cc1ccc(Sc2cccc(C#N)c2)c([N+](=O)[O-])c1. The third-order valence-electron chi connectivity index (χ3n) is 2.50. The number of aryl methyl sites for hydroxylation is 1. The summed E-state index contributed by atoms with van der Waals surface area (Å²) in [4.78, 5) is 12.0. The van der Waals surface area contributed by atoms with Crippen LogP contribution < -0.4 is 0 Å². The summed E-state index contributed by atoms with van der Waals surface area (Å²) >= 11 is 1.29. The van der Waals surface area contributed by atoms with Crippen LogP contribution in [0.3, 0.4) is 0 Å². The van der Waals surface area contributed by atoms with Gasteiger partial charge in [-0.15, -0.1) is 0 Å². The smallest absolute Gasteiger partial charge is 0.258 e. The third-order valence-corrected chi connectivity index (χ3v) is 3.56. The summed E-state index contributed by atoms with van der Waals surface area (Å²) < 4.78 is 0. The molecule has 0 heterocycles. The number of nitro benzene ring substituents is 1. The van der Waals surface area contributed by atoms with Crippen LogP contribution in [0.1, 0.15) is 11.1 Å². The Hall–Kier alpha value is -2.32. The first-order chi connectivity index (χ1) is 9.10. The molecule has 0 fully saturated rings. The van der Waals surface area contributed by atoms with Crippen LogP contribution in [-0.2, 0) is 0 Å². The van der Waals surface area contributed by atoms with Gasteiger partial charge in [-0.2, -0.15) is 5.26 Å². The molecule has 2 rings (SSSR count). The van der Waals surface area contributed by atoms with Gasteiger partial charge in [0.15, 0.2) is 0 Å². The molecule has 0 aliphatic carbocycles. The minimum absolute atomic E-state index is 0.0901. The van der Waals surface area contributed by atoms with E-state index in [0.717, 1.165) is 10.5 Å². The van der Waals surface area contributed by atoms with Gasteiger partial charge in [-0.05, 0) is 36.8 Å². The summed E-state index contributed by atoms with van der Waals surface area (Å²) in [6.45, 7) is 1.82. The standard InChI is InChI=1S/C14H10N2O2S/c1-10-5-6-14(13(7-10)16(17)18)19-12-4-2-3-11(8-12)9-15/h2-8H,1H3. The number of nitrogens with zero attached hydrogens (tertiary/aromatic N) is 2. The second-order valence-electron chi connectivity index (χ2n) is 3.97. The molecule has 2 aromatic rings. The first-order valence-electron chi connectivity index (χ1n) is 5.53. The van der Waals surface area contributed by atoms with Crippen LogP contribution in [-0.4, -0.2) is 4.92 Å². The minimum atomic E-state index is -0.385. The van der Waals surface area contributed by atoms with Crippen molar-refractivity contribution in [2.24, 2.45) is 0 Å². The van der Waals surface area contributed by atoms with Crippen molar-refractivity contribution in [3.8, 4) is 6.07 Å². The first-order valence-corrected chi connectivity index (χ1v) is 6.35. The predicted octanol–water partition coefficient (Wildman–Crippen LogP) is 3.93. The molecular weight excluding hydrogens is 260 g/mol. The van der Waals surface area contributed by atoms with Gasteiger partial charge in [-0.3, -0.25) is 10.1 Å². The molecule has 0 saturated carbocycles. The quantitative estimate of drug-likeness (QED) is 0.626. The fourth-order valence-electron chi connectivity index (χ4n) is 1.61. The van der Waals surface area contributed by atoms with E-state index in [2.05, 4.69) is 6.07 Å². The zero-order valence-electron chi connectivity index (χ0n) is 10.2. The van der Waals surface area contributed by atoms with Crippen LogP contribution in [0.15, 0.2) is 52.3 Å². The maximum Gasteiger partial charge on any atom is 0.283 e. The second kappa shape index (κ2) is 5.55. The summed E-state index contributed by atoms with van der Waals surface area (Å²) in [6, 6.07) is 14.2. The van der Waals surface area contributed by atoms with Gasteiger partial charge >= 0.3 is 0 Å². The summed E-state index contributed by atoms with van der Waals surface area (Å²) in [6.07, 6.45) is 0. The molecular formula is C14H10N2O2S. The van der Waals surface area contributed by atoms with Gasteiger partial charge in [0.05, 0.1) is 21.5 Å². The summed E-state index contributed by atoms with van der Waals surface area (Å²) in [5, 5.41) is 19.9. The van der Waals surface area contributed by atoms with Crippen LogP contribution in [0.25, 0.3) is 0 Å². The van der Waals surface area contributed by atoms with Crippen molar-refractivity contribution in [1.29, 1.82) is 5.26 Å². The van der Waals surface area contributed by atoms with E-state index >= 15 is 0 Å². The molecule has 0 atom stereocenters. The Morgan fingerprint density at radius 2 is 2.05 bits per heavy atom. The Labute approximate surface area is 114 Å². The maximum atomic E-state index is 11.0. The van der Waals surface area contributed by atoms with E-state index in [-0.39, 0.29) is 10.6 Å². The Balaban J connectivity index is 2.38. The lowest BCUT2D eigenvalue weighted by molar-refractivity contribution is -0.387. The van der Waals surface area contributed by atoms with Gasteiger partial charge < -0.3 is 0 Å². The Kier molecular flexibility index (Phi) is 3.83. The number of hydrogen-bond donors (Lipinski definition) is 0. The second-order valence-corrected chi connectivity index (χ2v) is 5.09. The van der Waals surface area contributed by atoms with Crippen LogP contribution in [0.5, 0.6) is 0 Å². The number of rotatable bonds is 3. The molecule has 0 aliphatic rings. The van der Waals surface area contributed by atoms with Crippen molar-refractivity contribution in [1.82, 2.24) is 0 Å². The highest BCUT2D eigenvalue weighted by molar-refractivity contribution is 7.99. The van der Waals surface area contributed by atoms with E-state index in [0.29, 0.717) is 10.5 Å². The average molecular weight is 270 g/mol. The predicted molar refractivity (Wildman–Crippen MR) is 73.1 cm³/mol. The van der Waals surface area contributed by atoms with Gasteiger partial charge in [-0.25, -0.2) is 0 Å². The molecule has 0 bridgehead atoms. The third kappa shape index (κ3) is 3.12. The molecule has 0 aromatic heterocycles. The van der Waals surface area contributed by atoms with Gasteiger partial charge in [0.25, 0.3) is 5.69 Å². The molecule has 4 nitrogen and oxygen atoms in total. The van der Waals surface area contributed by atoms with E-state index in [1.54, 1.807) is 30.3 Å². The lowest BCUT2D eigenvalue weighted by Gasteiger charge is -2.04. The highest BCUT2D eigenvalue weighted by Crippen LogP contribution is 2.35. The number of benzene rings is 2. The highest BCUT2D eigenvalue weighted by Gasteiger charge is 2.14. The molecule has 0 radical (unpaired) electrons. The van der Waals surface area contributed by atoms with E-state index in [9.17, 15) is 10.1 Å².